The van der Waals surface area contributed by atoms with E-state index < -0.39 is 0 Å². The quantitative estimate of drug-likeness (QED) is 0.797. The number of hydrogen-bond acceptors (Lipinski definition) is 4. The van der Waals surface area contributed by atoms with Crippen LogP contribution in [0.15, 0.2) is 29.6 Å². The average molecular weight is 246 g/mol. The fourth-order valence-electron chi connectivity index (χ4n) is 1.77. The minimum Gasteiger partial charge on any atom is -0.396 e. The van der Waals surface area contributed by atoms with Gasteiger partial charge in [0.25, 0.3) is 0 Å². The minimum absolute atomic E-state index is 0.148. The third-order valence-corrected chi connectivity index (χ3v) is 3.62. The van der Waals surface area contributed by atoms with Crippen LogP contribution in [0.1, 0.15) is 18.0 Å². The molecule has 1 aromatic heterocycles. The van der Waals surface area contributed by atoms with Gasteiger partial charge in [0, 0.05) is 16.9 Å². The number of aliphatic hydroxyl groups excluding tert-OH is 1. The molecule has 0 spiro atoms. The number of thiophene rings is 1. The lowest BCUT2D eigenvalue weighted by Crippen LogP contribution is -2.21. The molecule has 4 heteroatoms. The van der Waals surface area contributed by atoms with E-state index in [1.54, 1.807) is 11.3 Å². The summed E-state index contributed by atoms with van der Waals surface area (Å²) in [4.78, 5) is 0. The highest BCUT2D eigenvalue weighted by Gasteiger charge is 2.14. The summed E-state index contributed by atoms with van der Waals surface area (Å²) >= 11 is 1.66. The Morgan fingerprint density at radius 3 is 3.00 bits per heavy atom. The molecule has 0 aliphatic heterocycles. The van der Waals surface area contributed by atoms with E-state index in [1.165, 1.54) is 4.70 Å². The molecule has 17 heavy (non-hydrogen) atoms. The predicted molar refractivity (Wildman–Crippen MR) is 69.9 cm³/mol. The van der Waals surface area contributed by atoms with E-state index in [0.29, 0.717) is 13.0 Å². The van der Waals surface area contributed by atoms with Gasteiger partial charge in [0.05, 0.1) is 6.07 Å². The van der Waals surface area contributed by atoms with Crippen LogP contribution >= 0.6 is 11.3 Å². The monoisotopic (exact) mass is 246 g/mol. The first kappa shape index (κ1) is 12.1. The predicted octanol–water partition coefficient (Wildman–Crippen LogP) is 2.44. The van der Waals surface area contributed by atoms with Gasteiger partial charge >= 0.3 is 0 Å². The van der Waals surface area contributed by atoms with Crippen LogP contribution in [0.25, 0.3) is 10.1 Å². The van der Waals surface area contributed by atoms with Gasteiger partial charge in [0.2, 0.25) is 0 Å². The molecule has 0 radical (unpaired) electrons. The number of fused-ring (bicyclic) bond motifs is 1. The largest absolute Gasteiger partial charge is 0.396 e. The molecule has 0 fully saturated rings. The van der Waals surface area contributed by atoms with Crippen molar-refractivity contribution in [1.29, 1.82) is 5.26 Å². The Balaban J connectivity index is 2.22. The second-order valence-corrected chi connectivity index (χ2v) is 4.69. The second-order valence-electron chi connectivity index (χ2n) is 3.78. The van der Waals surface area contributed by atoms with Gasteiger partial charge in [-0.3, -0.25) is 5.32 Å². The number of benzene rings is 1. The molecule has 0 amide bonds. The fraction of sp³-hybridized carbons (Fsp3) is 0.308. The zero-order chi connectivity index (χ0) is 12.1. The van der Waals surface area contributed by atoms with Crippen LogP contribution in [0.4, 0.5) is 0 Å². The molecule has 3 nitrogen and oxygen atoms in total. The summed E-state index contributed by atoms with van der Waals surface area (Å²) in [5, 5.41) is 24.2. The number of rotatable bonds is 5. The lowest BCUT2D eigenvalue weighted by molar-refractivity contribution is 0.285. The van der Waals surface area contributed by atoms with E-state index in [4.69, 9.17) is 5.11 Å². The van der Waals surface area contributed by atoms with Crippen molar-refractivity contribution in [1.82, 2.24) is 5.32 Å². The first-order chi connectivity index (χ1) is 8.36. The topological polar surface area (TPSA) is 56.0 Å². The summed E-state index contributed by atoms with van der Waals surface area (Å²) in [7, 11) is 0. The number of hydrogen-bond donors (Lipinski definition) is 2. The van der Waals surface area contributed by atoms with Gasteiger partial charge in [-0.05, 0) is 29.8 Å². The van der Waals surface area contributed by atoms with Gasteiger partial charge in [0.15, 0.2) is 0 Å². The first-order valence-corrected chi connectivity index (χ1v) is 6.44. The SMILES string of the molecule is N#CC(NCCCO)c1csc2ccccc12. The van der Waals surface area contributed by atoms with Gasteiger partial charge in [0.1, 0.15) is 6.04 Å². The smallest absolute Gasteiger partial charge is 0.122 e. The molecular formula is C13H14N2OS. The normalized spacial score (nSPS) is 12.5. The van der Waals surface area contributed by atoms with Crippen LogP contribution in [-0.2, 0) is 0 Å². The fourth-order valence-corrected chi connectivity index (χ4v) is 2.76. The highest BCUT2D eigenvalue weighted by Crippen LogP contribution is 2.29. The van der Waals surface area contributed by atoms with E-state index >= 15 is 0 Å². The molecule has 0 aliphatic carbocycles. The summed E-state index contributed by atoms with van der Waals surface area (Å²) in [6.07, 6.45) is 0.667. The standard InChI is InChI=1S/C13H14N2OS/c14-8-12(15-6-3-7-16)11-9-17-13-5-2-1-4-10(11)13/h1-2,4-5,9,12,15-16H,3,6-7H2. The minimum atomic E-state index is -0.294. The molecule has 88 valence electrons. The van der Waals surface area contributed by atoms with E-state index in [0.717, 1.165) is 10.9 Å². The van der Waals surface area contributed by atoms with Gasteiger partial charge in [-0.2, -0.15) is 5.26 Å². The molecule has 0 saturated carbocycles. The molecule has 1 unspecified atom stereocenters. The lowest BCUT2D eigenvalue weighted by Gasteiger charge is -2.10. The zero-order valence-electron chi connectivity index (χ0n) is 9.39. The second kappa shape index (κ2) is 5.78. The summed E-state index contributed by atoms with van der Waals surface area (Å²) < 4.78 is 1.20. The van der Waals surface area contributed by atoms with Crippen LogP contribution in [0.5, 0.6) is 0 Å². The maximum Gasteiger partial charge on any atom is 0.122 e. The van der Waals surface area contributed by atoms with Crippen molar-refractivity contribution in [2.24, 2.45) is 0 Å². The molecule has 0 bridgehead atoms. The molecule has 1 aromatic carbocycles. The maximum atomic E-state index is 9.19. The van der Waals surface area contributed by atoms with Crippen molar-refractivity contribution in [2.75, 3.05) is 13.2 Å². The van der Waals surface area contributed by atoms with Crippen LogP contribution in [0.2, 0.25) is 0 Å². The maximum absolute atomic E-state index is 9.19. The van der Waals surface area contributed by atoms with Crippen LogP contribution < -0.4 is 5.32 Å². The molecule has 0 aliphatic rings. The van der Waals surface area contributed by atoms with Crippen molar-refractivity contribution in [3.63, 3.8) is 0 Å². The highest BCUT2D eigenvalue weighted by molar-refractivity contribution is 7.17. The number of nitriles is 1. The van der Waals surface area contributed by atoms with Crippen molar-refractivity contribution in [2.45, 2.75) is 12.5 Å². The van der Waals surface area contributed by atoms with Crippen LogP contribution in [0.3, 0.4) is 0 Å². The van der Waals surface area contributed by atoms with Crippen LogP contribution in [0, 0.1) is 11.3 Å². The number of aliphatic hydroxyl groups is 1. The molecule has 2 N–H and O–H groups in total. The Kier molecular flexibility index (Phi) is 4.10. The molecule has 1 heterocycles. The third kappa shape index (κ3) is 2.64. The van der Waals surface area contributed by atoms with E-state index in [1.807, 2.05) is 23.6 Å². The lowest BCUT2D eigenvalue weighted by atomic mass is 10.1. The molecule has 2 aromatic rings. The Hall–Kier alpha value is -1.41. The number of nitrogens with one attached hydrogen (secondary N) is 1. The van der Waals surface area contributed by atoms with Crippen molar-refractivity contribution >= 4 is 21.4 Å². The van der Waals surface area contributed by atoms with E-state index in [9.17, 15) is 5.26 Å². The summed E-state index contributed by atoms with van der Waals surface area (Å²) in [5.74, 6) is 0. The van der Waals surface area contributed by atoms with Crippen molar-refractivity contribution in [3.05, 3.63) is 35.2 Å². The first-order valence-electron chi connectivity index (χ1n) is 5.57. The summed E-state index contributed by atoms with van der Waals surface area (Å²) in [6, 6.07) is 10.1. The van der Waals surface area contributed by atoms with E-state index in [-0.39, 0.29) is 12.6 Å². The Bertz CT molecular complexity index is 529. The zero-order valence-corrected chi connectivity index (χ0v) is 10.2. The average Bonchev–Trinajstić information content (AvgIpc) is 2.79. The van der Waals surface area contributed by atoms with Crippen LogP contribution in [-0.4, -0.2) is 18.3 Å². The van der Waals surface area contributed by atoms with Crippen molar-refractivity contribution in [3.8, 4) is 6.07 Å². The Morgan fingerprint density at radius 2 is 2.24 bits per heavy atom. The Morgan fingerprint density at radius 1 is 1.41 bits per heavy atom. The number of nitrogens with zero attached hydrogens (tertiary/aromatic N) is 1. The van der Waals surface area contributed by atoms with Gasteiger partial charge in [-0.1, -0.05) is 18.2 Å². The van der Waals surface area contributed by atoms with E-state index in [2.05, 4.69) is 17.5 Å². The highest BCUT2D eigenvalue weighted by atomic mass is 32.1. The summed E-state index contributed by atoms with van der Waals surface area (Å²) in [5.41, 5.74) is 1.03. The third-order valence-electron chi connectivity index (χ3n) is 2.63. The summed E-state index contributed by atoms with van der Waals surface area (Å²) in [6.45, 7) is 0.800. The molecule has 0 saturated heterocycles. The molecule has 2 rings (SSSR count). The van der Waals surface area contributed by atoms with Gasteiger partial charge in [-0.15, -0.1) is 11.3 Å². The molecular weight excluding hydrogens is 232 g/mol. The van der Waals surface area contributed by atoms with Crippen molar-refractivity contribution < 1.29 is 5.11 Å². The van der Waals surface area contributed by atoms with Gasteiger partial charge < -0.3 is 5.11 Å². The molecule has 1 atom stereocenters. The Labute approximate surface area is 104 Å². The van der Waals surface area contributed by atoms with Gasteiger partial charge in [-0.25, -0.2) is 0 Å².